The summed E-state index contributed by atoms with van der Waals surface area (Å²) in [7, 11) is 0. The first-order valence-corrected chi connectivity index (χ1v) is 15.1. The van der Waals surface area contributed by atoms with Gasteiger partial charge in [0.25, 0.3) is 0 Å². The predicted octanol–water partition coefficient (Wildman–Crippen LogP) is 11.5. The molecule has 0 radical (unpaired) electrons. The lowest BCUT2D eigenvalue weighted by atomic mass is 9.92. The highest BCUT2D eigenvalue weighted by molar-refractivity contribution is 6.15. The maximum Gasteiger partial charge on any atom is 0.188 e. The molecule has 2 heterocycles. The van der Waals surface area contributed by atoms with Gasteiger partial charge in [0, 0.05) is 27.2 Å². The Bertz CT molecular complexity index is 2660. The molecular formula is C42H25N3. The summed E-state index contributed by atoms with van der Waals surface area (Å²) < 4.78 is 2.29. The van der Waals surface area contributed by atoms with Crippen molar-refractivity contribution in [3.63, 3.8) is 0 Å². The molecule has 0 aliphatic carbocycles. The van der Waals surface area contributed by atoms with Crippen molar-refractivity contribution >= 4 is 60.1 Å². The molecule has 0 spiro atoms. The number of aromatic nitrogens is 2. The van der Waals surface area contributed by atoms with Crippen LogP contribution >= 0.6 is 0 Å². The van der Waals surface area contributed by atoms with Crippen LogP contribution in [0.1, 0.15) is 0 Å². The normalized spacial score (nSPS) is 11.5. The van der Waals surface area contributed by atoms with Gasteiger partial charge in [-0.05, 0) is 93.7 Å². The minimum Gasteiger partial charge on any atom is -0.309 e. The maximum absolute atomic E-state index is 7.64. The van der Waals surface area contributed by atoms with E-state index < -0.39 is 0 Å². The third-order valence-electron chi connectivity index (χ3n) is 8.92. The lowest BCUT2D eigenvalue weighted by molar-refractivity contribution is 1.18. The summed E-state index contributed by atoms with van der Waals surface area (Å²) >= 11 is 0. The van der Waals surface area contributed by atoms with Crippen LogP contribution in [0.3, 0.4) is 0 Å². The van der Waals surface area contributed by atoms with E-state index in [4.69, 9.17) is 11.6 Å². The standard InChI is InChI=1S/C42H25N3/c1-43-32-19-21-41-38(26-32)37-24-28(18-20-40(37)45(41)33-13-3-2-4-14-33)27-11-9-12-29(22-27)36-25-31-23-30-10-5-8-17-39(30)44-42(31)35-16-7-6-15-34(35)36/h2-26H. The van der Waals surface area contributed by atoms with Crippen LogP contribution in [0.5, 0.6) is 0 Å². The van der Waals surface area contributed by atoms with E-state index in [2.05, 4.69) is 137 Å². The SMILES string of the molecule is [C-]#[N+]c1ccc2c(c1)c1cc(-c3cccc(-c4cc5cc6ccccc6nc5c5ccccc45)c3)ccc1n2-c1ccccc1. The van der Waals surface area contributed by atoms with Gasteiger partial charge in [-0.25, -0.2) is 9.83 Å². The van der Waals surface area contributed by atoms with Crippen LogP contribution in [0.2, 0.25) is 0 Å². The number of hydrogen-bond donors (Lipinski definition) is 0. The van der Waals surface area contributed by atoms with E-state index in [1.54, 1.807) is 0 Å². The molecule has 0 bridgehead atoms. The van der Waals surface area contributed by atoms with Crippen LogP contribution in [-0.2, 0) is 0 Å². The first kappa shape index (κ1) is 25.3. The third-order valence-corrected chi connectivity index (χ3v) is 8.92. The topological polar surface area (TPSA) is 22.2 Å². The van der Waals surface area contributed by atoms with Gasteiger partial charge in [0.15, 0.2) is 5.69 Å². The van der Waals surface area contributed by atoms with Crippen LogP contribution in [0.15, 0.2) is 152 Å². The van der Waals surface area contributed by atoms with Gasteiger partial charge in [-0.3, -0.25) is 0 Å². The van der Waals surface area contributed by atoms with E-state index >= 15 is 0 Å². The van der Waals surface area contributed by atoms with E-state index in [9.17, 15) is 0 Å². The average molecular weight is 572 g/mol. The summed E-state index contributed by atoms with van der Waals surface area (Å²) in [6.45, 7) is 7.64. The molecular weight excluding hydrogens is 546 g/mol. The molecule has 208 valence electrons. The molecule has 0 N–H and O–H groups in total. The van der Waals surface area contributed by atoms with E-state index in [1.165, 1.54) is 16.5 Å². The molecule has 45 heavy (non-hydrogen) atoms. The number of pyridine rings is 1. The molecule has 0 amide bonds. The highest BCUT2D eigenvalue weighted by Gasteiger charge is 2.15. The fourth-order valence-electron chi connectivity index (χ4n) is 6.84. The van der Waals surface area contributed by atoms with Gasteiger partial charge in [-0.15, -0.1) is 0 Å². The summed E-state index contributed by atoms with van der Waals surface area (Å²) in [5.41, 5.74) is 10.7. The number of nitrogens with zero attached hydrogens (tertiary/aromatic N) is 3. The first-order valence-electron chi connectivity index (χ1n) is 15.1. The van der Waals surface area contributed by atoms with Crippen molar-refractivity contribution in [2.75, 3.05) is 0 Å². The van der Waals surface area contributed by atoms with Gasteiger partial charge in [0.1, 0.15) is 0 Å². The number of benzene rings is 7. The van der Waals surface area contributed by atoms with Crippen molar-refractivity contribution in [2.45, 2.75) is 0 Å². The Labute approximate surface area is 260 Å². The third kappa shape index (κ3) is 4.01. The van der Waals surface area contributed by atoms with Crippen LogP contribution in [0, 0.1) is 6.57 Å². The Morgan fingerprint density at radius 1 is 0.489 bits per heavy atom. The van der Waals surface area contributed by atoms with Crippen LogP contribution in [0.25, 0.3) is 87.2 Å². The largest absolute Gasteiger partial charge is 0.309 e. The molecule has 0 atom stereocenters. The van der Waals surface area contributed by atoms with Crippen molar-refractivity contribution in [2.24, 2.45) is 0 Å². The summed E-state index contributed by atoms with van der Waals surface area (Å²) in [6, 6.07) is 53.4. The highest BCUT2D eigenvalue weighted by atomic mass is 15.0. The predicted molar refractivity (Wildman–Crippen MR) is 188 cm³/mol. The summed E-state index contributed by atoms with van der Waals surface area (Å²) in [6.07, 6.45) is 0. The molecule has 9 aromatic rings. The van der Waals surface area contributed by atoms with Gasteiger partial charge >= 0.3 is 0 Å². The van der Waals surface area contributed by atoms with Crippen LogP contribution in [-0.4, -0.2) is 9.55 Å². The molecule has 0 aliphatic heterocycles. The highest BCUT2D eigenvalue weighted by Crippen LogP contribution is 2.39. The minimum absolute atomic E-state index is 0.646. The molecule has 7 aromatic carbocycles. The molecule has 2 aromatic heterocycles. The Morgan fingerprint density at radius 2 is 1.20 bits per heavy atom. The summed E-state index contributed by atoms with van der Waals surface area (Å²) in [5.74, 6) is 0. The molecule has 3 heteroatoms. The second kappa shape index (κ2) is 9.91. The lowest BCUT2D eigenvalue weighted by Crippen LogP contribution is -1.92. The first-order chi connectivity index (χ1) is 22.2. The van der Waals surface area contributed by atoms with Crippen molar-refractivity contribution < 1.29 is 0 Å². The molecule has 0 fully saturated rings. The van der Waals surface area contributed by atoms with Gasteiger partial charge < -0.3 is 4.57 Å². The van der Waals surface area contributed by atoms with E-state index in [0.717, 1.165) is 65.8 Å². The fourth-order valence-corrected chi connectivity index (χ4v) is 6.84. The average Bonchev–Trinajstić information content (AvgIpc) is 3.44. The molecule has 0 unspecified atom stereocenters. The van der Waals surface area contributed by atoms with Crippen molar-refractivity contribution in [3.8, 4) is 27.9 Å². The Hall–Kier alpha value is -6.24. The Kier molecular flexibility index (Phi) is 5.57. The minimum atomic E-state index is 0.646. The van der Waals surface area contributed by atoms with Gasteiger partial charge in [0.05, 0.1) is 28.6 Å². The number of rotatable bonds is 3. The van der Waals surface area contributed by atoms with Crippen molar-refractivity contribution in [1.82, 2.24) is 9.55 Å². The molecule has 0 saturated heterocycles. The fraction of sp³-hybridized carbons (Fsp3) is 0. The number of hydrogen-bond acceptors (Lipinski definition) is 1. The second-order valence-corrected chi connectivity index (χ2v) is 11.5. The van der Waals surface area contributed by atoms with Crippen LogP contribution < -0.4 is 0 Å². The number of para-hydroxylation sites is 2. The van der Waals surface area contributed by atoms with Crippen molar-refractivity contribution in [3.05, 3.63) is 163 Å². The monoisotopic (exact) mass is 571 g/mol. The van der Waals surface area contributed by atoms with E-state index in [1.807, 2.05) is 24.3 Å². The van der Waals surface area contributed by atoms with E-state index in [-0.39, 0.29) is 0 Å². The van der Waals surface area contributed by atoms with E-state index in [0.29, 0.717) is 5.69 Å². The van der Waals surface area contributed by atoms with Crippen LogP contribution in [0.4, 0.5) is 5.69 Å². The Morgan fingerprint density at radius 3 is 2.07 bits per heavy atom. The zero-order chi connectivity index (χ0) is 29.9. The Balaban J connectivity index is 1.25. The second-order valence-electron chi connectivity index (χ2n) is 11.5. The van der Waals surface area contributed by atoms with Crippen molar-refractivity contribution in [1.29, 1.82) is 0 Å². The quantitative estimate of drug-likeness (QED) is 0.117. The zero-order valence-corrected chi connectivity index (χ0v) is 24.3. The molecule has 9 rings (SSSR count). The zero-order valence-electron chi connectivity index (χ0n) is 24.3. The lowest BCUT2D eigenvalue weighted by Gasteiger charge is -2.13. The summed E-state index contributed by atoms with van der Waals surface area (Å²) in [4.78, 5) is 8.81. The molecule has 0 saturated carbocycles. The summed E-state index contributed by atoms with van der Waals surface area (Å²) in [5, 5.41) is 6.85. The van der Waals surface area contributed by atoms with Gasteiger partial charge in [0.2, 0.25) is 0 Å². The number of fused-ring (bicyclic) bond motifs is 7. The van der Waals surface area contributed by atoms with Gasteiger partial charge in [-0.2, -0.15) is 0 Å². The smallest absolute Gasteiger partial charge is 0.188 e. The molecule has 3 nitrogen and oxygen atoms in total. The maximum atomic E-state index is 7.64. The molecule has 0 aliphatic rings. The van der Waals surface area contributed by atoms with Gasteiger partial charge in [-0.1, -0.05) is 91.0 Å².